The Morgan fingerprint density at radius 1 is 1.46 bits per heavy atom. The highest BCUT2D eigenvalue weighted by Crippen LogP contribution is 2.14. The fraction of sp³-hybridized carbons (Fsp3) is 0.636. The predicted octanol–water partition coefficient (Wildman–Crippen LogP) is 3.20. The minimum atomic E-state index is -1.39. The molecule has 0 bridgehead atoms. The summed E-state index contributed by atoms with van der Waals surface area (Å²) in [6.45, 7) is 7.40. The van der Waals surface area contributed by atoms with E-state index >= 15 is 0 Å². The Morgan fingerprint density at radius 3 is 2.69 bits per heavy atom. The monoisotopic (exact) mass is 196 g/mol. The van der Waals surface area contributed by atoms with E-state index in [0.717, 1.165) is 0 Å². The van der Waals surface area contributed by atoms with E-state index in [0.29, 0.717) is 6.61 Å². The van der Waals surface area contributed by atoms with Crippen LogP contribution in [0.1, 0.15) is 19.8 Å². The van der Waals surface area contributed by atoms with Crippen LogP contribution in [0.25, 0.3) is 0 Å². The van der Waals surface area contributed by atoms with Gasteiger partial charge in [0.25, 0.3) is 0 Å². The van der Waals surface area contributed by atoms with Crippen LogP contribution in [0.2, 0.25) is 19.1 Å². The van der Waals surface area contributed by atoms with E-state index in [1.165, 1.54) is 18.9 Å². The lowest BCUT2D eigenvalue weighted by molar-refractivity contribution is 0.350. The maximum Gasteiger partial charge on any atom is 0.187 e. The number of terminal acetylenes is 1. The number of hydrogen-bond donors (Lipinski definition) is 0. The molecule has 0 aromatic carbocycles. The molecular weight excluding hydrogens is 176 g/mol. The van der Waals surface area contributed by atoms with E-state index in [1.54, 1.807) is 6.08 Å². The van der Waals surface area contributed by atoms with Gasteiger partial charge in [-0.3, -0.25) is 0 Å². The lowest BCUT2D eigenvalue weighted by atomic mass is 10.4. The van der Waals surface area contributed by atoms with Crippen LogP contribution in [0, 0.1) is 12.3 Å². The van der Waals surface area contributed by atoms with Gasteiger partial charge in [-0.2, -0.15) is 0 Å². The quantitative estimate of drug-likeness (QED) is 0.468. The van der Waals surface area contributed by atoms with Crippen molar-refractivity contribution in [3.8, 4) is 12.3 Å². The molecule has 0 aliphatic carbocycles. The molecule has 1 nitrogen and oxygen atoms in total. The summed E-state index contributed by atoms with van der Waals surface area (Å²) in [5, 5.41) is 0. The lowest BCUT2D eigenvalue weighted by Crippen LogP contribution is -2.29. The first kappa shape index (κ1) is 12.5. The summed E-state index contributed by atoms with van der Waals surface area (Å²) in [7, 11) is -1.39. The second-order valence-corrected chi connectivity index (χ2v) is 8.05. The second kappa shape index (κ2) is 6.94. The van der Waals surface area contributed by atoms with Crippen LogP contribution in [-0.4, -0.2) is 14.9 Å². The molecule has 0 N–H and O–H groups in total. The Balaban J connectivity index is 3.63. The van der Waals surface area contributed by atoms with Crippen LogP contribution in [-0.2, 0) is 4.43 Å². The fourth-order valence-electron chi connectivity index (χ4n) is 1.06. The first-order chi connectivity index (χ1) is 6.12. The van der Waals surface area contributed by atoms with Crippen molar-refractivity contribution >= 4 is 8.32 Å². The highest BCUT2D eigenvalue weighted by molar-refractivity contribution is 6.71. The molecule has 0 spiro atoms. The molecule has 0 aromatic rings. The molecule has 0 atom stereocenters. The maximum absolute atomic E-state index is 5.79. The molecule has 0 saturated heterocycles. The Hall–Kier alpha value is -0.523. The topological polar surface area (TPSA) is 9.23 Å². The maximum atomic E-state index is 5.79. The molecular formula is C11H20OSi. The third-order valence-corrected chi connectivity index (χ3v) is 4.42. The third kappa shape index (κ3) is 7.83. The molecule has 0 rings (SSSR count). The van der Waals surface area contributed by atoms with Gasteiger partial charge in [0.15, 0.2) is 8.32 Å². The third-order valence-electron chi connectivity index (χ3n) is 1.92. The van der Waals surface area contributed by atoms with Crippen molar-refractivity contribution < 1.29 is 4.43 Å². The highest BCUT2D eigenvalue weighted by Gasteiger charge is 2.20. The van der Waals surface area contributed by atoms with Crippen LogP contribution >= 0.6 is 0 Å². The molecule has 2 heteroatoms. The molecule has 74 valence electrons. The van der Waals surface area contributed by atoms with Gasteiger partial charge in [-0.1, -0.05) is 31.8 Å². The summed E-state index contributed by atoms with van der Waals surface area (Å²) >= 11 is 0. The van der Waals surface area contributed by atoms with Crippen molar-refractivity contribution in [2.45, 2.75) is 38.9 Å². The first-order valence-electron chi connectivity index (χ1n) is 4.87. The van der Waals surface area contributed by atoms with Crippen LogP contribution in [0.5, 0.6) is 0 Å². The minimum absolute atomic E-state index is 0.674. The van der Waals surface area contributed by atoms with Crippen molar-refractivity contribution in [2.24, 2.45) is 0 Å². The molecule has 0 aliphatic heterocycles. The summed E-state index contributed by atoms with van der Waals surface area (Å²) < 4.78 is 5.79. The Bertz CT molecular complexity index is 189. The largest absolute Gasteiger partial charge is 0.414 e. The molecule has 0 fully saturated rings. The molecule has 0 unspecified atom stereocenters. The lowest BCUT2D eigenvalue weighted by Gasteiger charge is -2.21. The molecule has 0 saturated carbocycles. The minimum Gasteiger partial charge on any atom is -0.414 e. The van der Waals surface area contributed by atoms with E-state index in [2.05, 4.69) is 25.9 Å². The van der Waals surface area contributed by atoms with Gasteiger partial charge in [0.1, 0.15) is 0 Å². The van der Waals surface area contributed by atoms with Gasteiger partial charge in [-0.25, -0.2) is 0 Å². The van der Waals surface area contributed by atoms with E-state index in [9.17, 15) is 0 Å². The van der Waals surface area contributed by atoms with E-state index in [1.807, 2.05) is 6.08 Å². The average Bonchev–Trinajstić information content (AvgIpc) is 2.09. The van der Waals surface area contributed by atoms with Crippen molar-refractivity contribution in [2.75, 3.05) is 6.61 Å². The normalized spacial score (nSPS) is 11.8. The first-order valence-corrected chi connectivity index (χ1v) is 7.99. The van der Waals surface area contributed by atoms with Gasteiger partial charge in [-0.15, -0.1) is 6.42 Å². The number of unbranched alkanes of at least 4 members (excludes halogenated alkanes) is 1. The Morgan fingerprint density at radius 2 is 2.15 bits per heavy atom. The van der Waals surface area contributed by atoms with E-state index in [4.69, 9.17) is 10.8 Å². The molecule has 0 heterocycles. The van der Waals surface area contributed by atoms with E-state index < -0.39 is 8.32 Å². The molecule has 0 aliphatic rings. The van der Waals surface area contributed by atoms with Gasteiger partial charge in [0.2, 0.25) is 0 Å². The standard InChI is InChI=1S/C11H20OSi/c1-5-7-9-10-12-13(3,4)11-8-6-2/h1,7,9H,6,8,10-11H2,2-4H3. The fourth-order valence-corrected chi connectivity index (χ4v) is 2.96. The smallest absolute Gasteiger partial charge is 0.187 e. The Kier molecular flexibility index (Phi) is 6.66. The van der Waals surface area contributed by atoms with Crippen molar-refractivity contribution in [1.82, 2.24) is 0 Å². The SMILES string of the molecule is C#CC=CCO[Si](C)(C)CCCC. The zero-order valence-corrected chi connectivity index (χ0v) is 9.97. The molecule has 13 heavy (non-hydrogen) atoms. The molecule has 0 aromatic heterocycles. The van der Waals surface area contributed by atoms with Gasteiger partial charge in [0, 0.05) is 0 Å². The summed E-state index contributed by atoms with van der Waals surface area (Å²) in [4.78, 5) is 0. The van der Waals surface area contributed by atoms with Crippen molar-refractivity contribution in [3.63, 3.8) is 0 Å². The summed E-state index contributed by atoms with van der Waals surface area (Å²) in [6, 6.07) is 1.24. The molecule has 0 radical (unpaired) electrons. The number of hydrogen-bond acceptors (Lipinski definition) is 1. The average molecular weight is 196 g/mol. The van der Waals surface area contributed by atoms with Gasteiger partial charge in [-0.05, 0) is 25.2 Å². The number of allylic oxidation sites excluding steroid dienone is 1. The van der Waals surface area contributed by atoms with Crippen LogP contribution in [0.3, 0.4) is 0 Å². The van der Waals surface area contributed by atoms with Crippen LogP contribution < -0.4 is 0 Å². The van der Waals surface area contributed by atoms with Crippen LogP contribution in [0.15, 0.2) is 12.2 Å². The number of rotatable bonds is 6. The van der Waals surface area contributed by atoms with Gasteiger partial charge in [0.05, 0.1) is 6.61 Å². The van der Waals surface area contributed by atoms with Gasteiger partial charge >= 0.3 is 0 Å². The zero-order valence-electron chi connectivity index (χ0n) is 8.97. The van der Waals surface area contributed by atoms with E-state index in [-0.39, 0.29) is 0 Å². The summed E-state index contributed by atoms with van der Waals surface area (Å²) in [6.07, 6.45) is 11.2. The Labute approximate surface area is 83.3 Å². The second-order valence-electron chi connectivity index (χ2n) is 3.74. The van der Waals surface area contributed by atoms with Crippen molar-refractivity contribution in [1.29, 1.82) is 0 Å². The summed E-state index contributed by atoms with van der Waals surface area (Å²) in [5.41, 5.74) is 0. The summed E-state index contributed by atoms with van der Waals surface area (Å²) in [5.74, 6) is 2.45. The molecule has 0 amide bonds. The van der Waals surface area contributed by atoms with Crippen LogP contribution in [0.4, 0.5) is 0 Å². The zero-order chi connectivity index (χ0) is 10.2. The predicted molar refractivity (Wildman–Crippen MR) is 61.1 cm³/mol. The highest BCUT2D eigenvalue weighted by atomic mass is 28.4. The van der Waals surface area contributed by atoms with Crippen molar-refractivity contribution in [3.05, 3.63) is 12.2 Å². The van der Waals surface area contributed by atoms with Gasteiger partial charge < -0.3 is 4.43 Å².